The maximum atomic E-state index is 14.1. The number of H-pyrrole nitrogens is 1. The molecule has 3 heterocycles. The highest BCUT2D eigenvalue weighted by Gasteiger charge is 2.32. The van der Waals surface area contributed by atoms with Crippen LogP contribution in [0.3, 0.4) is 0 Å². The van der Waals surface area contributed by atoms with Gasteiger partial charge in [-0.25, -0.2) is 18.1 Å². The first-order valence-corrected chi connectivity index (χ1v) is 26.3. The molecule has 2 aliphatic carbocycles. The maximum absolute atomic E-state index is 14.1. The lowest BCUT2D eigenvalue weighted by atomic mass is 9.72. The number of nitro benzene ring substituents is 1. The van der Waals surface area contributed by atoms with Crippen LogP contribution in [0.1, 0.15) is 72.5 Å². The number of sulfonamides is 1. The number of nitrogens with one attached hydrogen (secondary N) is 4. The minimum Gasteiger partial charge on any atom is -0.455 e. The largest absolute Gasteiger partial charge is 0.455 e. The smallest absolute Gasteiger partial charge is 0.293 e. The Balaban J connectivity index is 0.808. The lowest BCUT2D eigenvalue weighted by molar-refractivity contribution is -0.384. The second-order valence-electron chi connectivity index (χ2n) is 19.6. The van der Waals surface area contributed by atoms with Crippen molar-refractivity contribution in [1.82, 2.24) is 24.9 Å². The molecule has 1 aliphatic heterocycles. The fourth-order valence-electron chi connectivity index (χ4n) is 10.3. The number of hydrogen-bond donors (Lipinski definition) is 4. The van der Waals surface area contributed by atoms with Crippen molar-refractivity contribution in [2.45, 2.75) is 50.3 Å². The first-order chi connectivity index (χ1) is 35.2. The summed E-state index contributed by atoms with van der Waals surface area (Å²) in [7, 11) is -4.65. The molecule has 10 rings (SSSR count). The Kier molecular flexibility index (Phi) is 13.8. The number of rotatable bonds is 16. The molecule has 5 aromatic carbocycles. The number of aromatic nitrogens is 2. The molecule has 1 fully saturated rings. The molecule has 4 N–H and O–H groups in total. The van der Waals surface area contributed by atoms with Crippen LogP contribution in [-0.2, 0) is 14.8 Å². The molecule has 0 spiro atoms. The van der Waals surface area contributed by atoms with E-state index in [0.29, 0.717) is 24.5 Å². The SMILES string of the molecule is CC1(C)CCC(CN2CCN(c3ccc(C(=O)NS(=O)(=O)c4ccc(NCCNC(=O)CC5c6ccccc6-c6ccccc65)c([N+](=O)[O-])c4)c(Oc4cnc5[nH]ccc5c4)c3)CC2)=C(c2ccc(Cl)cc2)C1. The number of halogens is 1. The van der Waals surface area contributed by atoms with Crippen molar-refractivity contribution in [3.05, 3.63) is 177 Å². The molecule has 0 unspecified atom stereocenters. The molecule has 0 atom stereocenters. The molecule has 3 aliphatic rings. The molecule has 73 heavy (non-hydrogen) atoms. The second kappa shape index (κ2) is 20.5. The van der Waals surface area contributed by atoms with Crippen LogP contribution in [0.15, 0.2) is 144 Å². The van der Waals surface area contributed by atoms with Crippen molar-refractivity contribution < 1.29 is 27.7 Å². The Hall–Kier alpha value is -7.53. The predicted octanol–water partition coefficient (Wildman–Crippen LogP) is 10.6. The predicted molar refractivity (Wildman–Crippen MR) is 285 cm³/mol. The Morgan fingerprint density at radius 1 is 0.890 bits per heavy atom. The van der Waals surface area contributed by atoms with Crippen molar-refractivity contribution >= 4 is 67.1 Å². The van der Waals surface area contributed by atoms with E-state index in [1.54, 1.807) is 24.4 Å². The summed E-state index contributed by atoms with van der Waals surface area (Å²) in [6, 6.07) is 36.2. The monoisotopic (exact) mass is 1020 g/mol. The number of carbonyl (C=O) groups is 2. The van der Waals surface area contributed by atoms with Gasteiger partial charge in [0.25, 0.3) is 21.6 Å². The summed E-state index contributed by atoms with van der Waals surface area (Å²) in [6.45, 7) is 8.81. The van der Waals surface area contributed by atoms with E-state index >= 15 is 0 Å². The van der Waals surface area contributed by atoms with Crippen LogP contribution in [-0.4, -0.2) is 85.8 Å². The fourth-order valence-corrected chi connectivity index (χ4v) is 11.4. The van der Waals surface area contributed by atoms with Crippen molar-refractivity contribution in [2.75, 3.05) is 56.0 Å². The maximum Gasteiger partial charge on any atom is 0.293 e. The number of ether oxygens (including phenoxy) is 1. The standard InChI is InChI=1S/C56H55ClN8O7S/c1-56(2)21-19-38(49(33-56)36-11-13-39(57)14-12-36)35-63-25-27-64(28-26-63)40-15-17-47(52(30-40)72-41-29-37-20-22-60-54(37)61-34-41)55(67)62-73(70,71)42-16-18-50(51(31-42)65(68)69)58-23-24-59-53(66)32-48-45-9-5-3-7-43(45)44-8-4-6-10-46(44)48/h3-18,20,22,29-31,34,48,58H,19,21,23-28,32-33,35H2,1-2H3,(H,59,66)(H,60,61)(H,62,67). The van der Waals surface area contributed by atoms with Crippen LogP contribution < -0.4 is 25.0 Å². The number of nitrogens with zero attached hydrogens (tertiary/aromatic N) is 4. The van der Waals surface area contributed by atoms with Crippen molar-refractivity contribution in [2.24, 2.45) is 5.41 Å². The molecule has 0 saturated carbocycles. The van der Waals surface area contributed by atoms with Gasteiger partial charge in [-0.05, 0) is 107 Å². The van der Waals surface area contributed by atoms with Crippen LogP contribution in [0.4, 0.5) is 17.1 Å². The summed E-state index contributed by atoms with van der Waals surface area (Å²) in [5.74, 6) is -0.842. The lowest BCUT2D eigenvalue weighted by Crippen LogP contribution is -2.47. The first kappa shape index (κ1) is 49.1. The van der Waals surface area contributed by atoms with Gasteiger partial charge in [0.1, 0.15) is 22.8 Å². The molecule has 2 aromatic heterocycles. The molecule has 1 saturated heterocycles. The lowest BCUT2D eigenvalue weighted by Gasteiger charge is -2.39. The third kappa shape index (κ3) is 10.8. The quantitative estimate of drug-likeness (QED) is 0.0409. The number of carbonyl (C=O) groups excluding carboxylic acids is 2. The summed E-state index contributed by atoms with van der Waals surface area (Å²) in [6.07, 6.45) is 6.65. The summed E-state index contributed by atoms with van der Waals surface area (Å²) in [5.41, 5.74) is 9.56. The van der Waals surface area contributed by atoms with Crippen LogP contribution >= 0.6 is 11.6 Å². The molecule has 0 bridgehead atoms. The van der Waals surface area contributed by atoms with E-state index in [0.717, 1.165) is 83.3 Å². The van der Waals surface area contributed by atoms with Gasteiger partial charge in [0.05, 0.1) is 21.6 Å². The number of anilines is 2. The zero-order chi connectivity index (χ0) is 50.9. The number of pyridine rings is 1. The Bertz CT molecular complexity index is 3360. The Morgan fingerprint density at radius 2 is 1.62 bits per heavy atom. The van der Waals surface area contributed by atoms with Crippen molar-refractivity contribution in [3.8, 4) is 22.6 Å². The van der Waals surface area contributed by atoms with E-state index in [4.69, 9.17) is 16.3 Å². The van der Waals surface area contributed by atoms with E-state index in [-0.39, 0.29) is 53.8 Å². The number of nitro groups is 1. The third-order valence-electron chi connectivity index (χ3n) is 14.2. The summed E-state index contributed by atoms with van der Waals surface area (Å²) < 4.78 is 36.2. The van der Waals surface area contributed by atoms with E-state index in [2.05, 4.69) is 73.2 Å². The summed E-state index contributed by atoms with van der Waals surface area (Å²) in [5, 5.41) is 19.6. The van der Waals surface area contributed by atoms with Gasteiger partial charge in [-0.1, -0.05) is 91.7 Å². The Labute approximate surface area is 428 Å². The highest BCUT2D eigenvalue weighted by atomic mass is 35.5. The third-order valence-corrected chi connectivity index (χ3v) is 15.7. The topological polar surface area (TPSA) is 192 Å². The molecule has 374 valence electrons. The number of piperazine rings is 1. The average molecular weight is 1020 g/mol. The zero-order valence-corrected chi connectivity index (χ0v) is 42.1. The highest BCUT2D eigenvalue weighted by molar-refractivity contribution is 7.90. The fraction of sp³-hybridized carbons (Fsp3) is 0.268. The molecule has 15 nitrogen and oxygen atoms in total. The van der Waals surface area contributed by atoms with Gasteiger partial charge in [0.2, 0.25) is 5.91 Å². The van der Waals surface area contributed by atoms with Gasteiger partial charge in [-0.3, -0.25) is 24.6 Å². The minimum atomic E-state index is -4.65. The molecule has 2 amide bonds. The number of aromatic amines is 1. The summed E-state index contributed by atoms with van der Waals surface area (Å²) >= 11 is 6.26. The van der Waals surface area contributed by atoms with Crippen LogP contribution in [0.5, 0.6) is 11.5 Å². The van der Waals surface area contributed by atoms with Gasteiger partial charge < -0.3 is 25.3 Å². The van der Waals surface area contributed by atoms with Gasteiger partial charge >= 0.3 is 0 Å². The second-order valence-corrected chi connectivity index (χ2v) is 21.8. The normalized spacial score (nSPS) is 15.7. The van der Waals surface area contributed by atoms with Crippen LogP contribution in [0.25, 0.3) is 27.7 Å². The van der Waals surface area contributed by atoms with Crippen LogP contribution in [0, 0.1) is 15.5 Å². The van der Waals surface area contributed by atoms with Crippen LogP contribution in [0.2, 0.25) is 5.02 Å². The van der Waals surface area contributed by atoms with Gasteiger partial charge in [-0.2, -0.15) is 0 Å². The summed E-state index contributed by atoms with van der Waals surface area (Å²) in [4.78, 5) is 50.5. The first-order valence-electron chi connectivity index (χ1n) is 24.4. The van der Waals surface area contributed by atoms with Gasteiger partial charge in [-0.15, -0.1) is 0 Å². The average Bonchev–Trinajstić information content (AvgIpc) is 3.98. The van der Waals surface area contributed by atoms with Crippen molar-refractivity contribution in [1.29, 1.82) is 0 Å². The Morgan fingerprint density at radius 3 is 2.34 bits per heavy atom. The number of hydrogen-bond acceptors (Lipinski definition) is 11. The number of amides is 2. The molecular weight excluding hydrogens is 964 g/mol. The zero-order valence-electron chi connectivity index (χ0n) is 40.5. The highest BCUT2D eigenvalue weighted by Crippen LogP contribution is 2.46. The molecular formula is C56H55ClN8O7S. The number of allylic oxidation sites excluding steroid dienone is 1. The van der Waals surface area contributed by atoms with Gasteiger partial charge in [0, 0.05) is 92.6 Å². The van der Waals surface area contributed by atoms with Gasteiger partial charge in [0.15, 0.2) is 0 Å². The van der Waals surface area contributed by atoms with E-state index in [1.165, 1.54) is 41.1 Å². The molecule has 7 aromatic rings. The van der Waals surface area contributed by atoms with E-state index in [9.17, 15) is 28.1 Å². The van der Waals surface area contributed by atoms with E-state index in [1.807, 2.05) is 54.6 Å². The number of benzene rings is 5. The molecule has 17 heteroatoms. The molecule has 0 radical (unpaired) electrons. The van der Waals surface area contributed by atoms with Crippen molar-refractivity contribution in [3.63, 3.8) is 0 Å². The minimum absolute atomic E-state index is 0.0427. The number of fused-ring (bicyclic) bond motifs is 4. The van der Waals surface area contributed by atoms with E-state index < -0.39 is 31.4 Å².